The molecule has 2 heteroatoms. The van der Waals surface area contributed by atoms with Crippen molar-refractivity contribution >= 4 is 0 Å². The van der Waals surface area contributed by atoms with Gasteiger partial charge >= 0.3 is 0 Å². The highest BCUT2D eigenvalue weighted by atomic mass is 19.1. The monoisotopic (exact) mass is 258 g/mol. The van der Waals surface area contributed by atoms with Crippen LogP contribution in [0.4, 0.5) is 8.78 Å². The van der Waals surface area contributed by atoms with Crippen molar-refractivity contribution in [1.82, 2.24) is 0 Å². The van der Waals surface area contributed by atoms with Gasteiger partial charge in [0.2, 0.25) is 0 Å². The first-order chi connectivity index (χ1) is 9.15. The van der Waals surface area contributed by atoms with Crippen LogP contribution in [0, 0.1) is 11.6 Å². The quantitative estimate of drug-likeness (QED) is 0.741. The van der Waals surface area contributed by atoms with E-state index >= 15 is 0 Å². The lowest BCUT2D eigenvalue weighted by molar-refractivity contribution is 0.611. The minimum Gasteiger partial charge on any atom is -0.207 e. The summed E-state index contributed by atoms with van der Waals surface area (Å²) in [4.78, 5) is 0. The molecule has 0 spiro atoms. The topological polar surface area (TPSA) is 0 Å². The van der Waals surface area contributed by atoms with Crippen molar-refractivity contribution in [2.45, 2.75) is 31.1 Å². The summed E-state index contributed by atoms with van der Waals surface area (Å²) in [6, 6.07) is 13.5. The lowest BCUT2D eigenvalue weighted by Crippen LogP contribution is -2.08. The Bertz CT molecular complexity index is 571. The molecule has 0 saturated heterocycles. The Balaban J connectivity index is 1.91. The van der Waals surface area contributed by atoms with E-state index in [-0.39, 0.29) is 17.0 Å². The normalized spacial score (nSPS) is 25.3. The molecule has 0 heterocycles. The van der Waals surface area contributed by atoms with Crippen LogP contribution in [0.3, 0.4) is 0 Å². The molecule has 1 aliphatic rings. The van der Waals surface area contributed by atoms with Gasteiger partial charge in [0, 0.05) is 5.41 Å². The van der Waals surface area contributed by atoms with Crippen molar-refractivity contribution < 1.29 is 8.78 Å². The van der Waals surface area contributed by atoms with E-state index in [2.05, 4.69) is 6.92 Å². The van der Waals surface area contributed by atoms with E-state index in [0.717, 1.165) is 12.8 Å². The first-order valence-electron chi connectivity index (χ1n) is 6.67. The van der Waals surface area contributed by atoms with E-state index < -0.39 is 0 Å². The van der Waals surface area contributed by atoms with E-state index in [0.29, 0.717) is 5.92 Å². The predicted molar refractivity (Wildman–Crippen MR) is 72.1 cm³/mol. The van der Waals surface area contributed by atoms with E-state index in [1.807, 2.05) is 24.3 Å². The molecule has 3 rings (SSSR count). The zero-order valence-electron chi connectivity index (χ0n) is 10.9. The second-order valence-electron chi connectivity index (χ2n) is 5.32. The van der Waals surface area contributed by atoms with Gasteiger partial charge in [-0.15, -0.1) is 0 Å². The highest BCUT2D eigenvalue weighted by molar-refractivity contribution is 5.43. The number of halogens is 2. The van der Waals surface area contributed by atoms with Gasteiger partial charge < -0.3 is 0 Å². The average molecular weight is 258 g/mol. The average Bonchev–Trinajstić information content (AvgIpc) is 3.16. The summed E-state index contributed by atoms with van der Waals surface area (Å²) < 4.78 is 26.0. The molecule has 2 atom stereocenters. The summed E-state index contributed by atoms with van der Waals surface area (Å²) in [6.45, 7) is 2.16. The molecule has 98 valence electrons. The van der Waals surface area contributed by atoms with Crippen molar-refractivity contribution in [3.63, 3.8) is 0 Å². The van der Waals surface area contributed by atoms with Crippen molar-refractivity contribution in [2.24, 2.45) is 0 Å². The SMILES string of the molecule is CCC1(c2ccc(F)cc2)CC1c1ccc(F)cc1. The fourth-order valence-electron chi connectivity index (χ4n) is 3.13. The van der Waals surface area contributed by atoms with Gasteiger partial charge in [-0.1, -0.05) is 31.2 Å². The maximum absolute atomic E-state index is 13.0. The van der Waals surface area contributed by atoms with Crippen LogP contribution in [0.25, 0.3) is 0 Å². The van der Waals surface area contributed by atoms with E-state index in [9.17, 15) is 8.78 Å². The largest absolute Gasteiger partial charge is 0.207 e. The van der Waals surface area contributed by atoms with Crippen LogP contribution in [0.15, 0.2) is 48.5 Å². The number of benzene rings is 2. The molecule has 19 heavy (non-hydrogen) atoms. The summed E-state index contributed by atoms with van der Waals surface area (Å²) >= 11 is 0. The van der Waals surface area contributed by atoms with Crippen LogP contribution in [0.5, 0.6) is 0 Å². The molecular formula is C17H16F2. The van der Waals surface area contributed by atoms with Gasteiger partial charge in [-0.3, -0.25) is 0 Å². The van der Waals surface area contributed by atoms with E-state index in [4.69, 9.17) is 0 Å². The standard InChI is InChI=1S/C17H16F2/c1-2-17(13-5-9-15(19)10-6-13)11-16(17)12-3-7-14(18)8-4-12/h3-10,16H,2,11H2,1H3. The summed E-state index contributed by atoms with van der Waals surface area (Å²) in [5, 5.41) is 0. The van der Waals surface area contributed by atoms with Gasteiger partial charge in [-0.2, -0.15) is 0 Å². The molecule has 1 saturated carbocycles. The van der Waals surface area contributed by atoms with Crippen LogP contribution in [0.1, 0.15) is 36.8 Å². The molecule has 0 aromatic heterocycles. The van der Waals surface area contributed by atoms with Gasteiger partial charge in [-0.25, -0.2) is 8.78 Å². The molecule has 0 radical (unpaired) electrons. The summed E-state index contributed by atoms with van der Waals surface area (Å²) in [5.41, 5.74) is 2.46. The Morgan fingerprint density at radius 3 is 2.00 bits per heavy atom. The fraction of sp³-hybridized carbons (Fsp3) is 0.294. The summed E-state index contributed by atoms with van der Waals surface area (Å²) in [5.74, 6) is 0.0193. The number of hydrogen-bond acceptors (Lipinski definition) is 0. The Kier molecular flexibility index (Phi) is 2.89. The lowest BCUT2D eigenvalue weighted by Gasteiger charge is -2.16. The van der Waals surface area contributed by atoms with Gasteiger partial charge in [0.25, 0.3) is 0 Å². The molecule has 2 aromatic carbocycles. The Hall–Kier alpha value is -1.70. The molecule has 1 fully saturated rings. The zero-order chi connectivity index (χ0) is 13.5. The van der Waals surface area contributed by atoms with Crippen molar-refractivity contribution in [3.8, 4) is 0 Å². The minimum atomic E-state index is -0.201. The molecule has 1 aliphatic carbocycles. The molecule has 0 aliphatic heterocycles. The van der Waals surface area contributed by atoms with Crippen LogP contribution in [0.2, 0.25) is 0 Å². The minimum absolute atomic E-state index is 0.103. The third kappa shape index (κ3) is 2.05. The van der Waals surface area contributed by atoms with E-state index in [1.54, 1.807) is 0 Å². The first kappa shape index (κ1) is 12.3. The fourth-order valence-corrected chi connectivity index (χ4v) is 3.13. The van der Waals surface area contributed by atoms with Crippen molar-refractivity contribution in [3.05, 3.63) is 71.3 Å². The molecule has 0 N–H and O–H groups in total. The van der Waals surface area contributed by atoms with Gasteiger partial charge in [0.15, 0.2) is 0 Å². The second-order valence-corrected chi connectivity index (χ2v) is 5.32. The molecule has 2 unspecified atom stereocenters. The van der Waals surface area contributed by atoms with Crippen molar-refractivity contribution in [1.29, 1.82) is 0 Å². The smallest absolute Gasteiger partial charge is 0.123 e. The van der Waals surface area contributed by atoms with Gasteiger partial charge in [-0.05, 0) is 54.2 Å². The molecule has 2 aromatic rings. The Morgan fingerprint density at radius 1 is 0.947 bits per heavy atom. The third-order valence-electron chi connectivity index (χ3n) is 4.40. The molecule has 0 nitrogen and oxygen atoms in total. The van der Waals surface area contributed by atoms with Crippen LogP contribution < -0.4 is 0 Å². The lowest BCUT2D eigenvalue weighted by atomic mass is 9.88. The summed E-state index contributed by atoms with van der Waals surface area (Å²) in [6.07, 6.45) is 2.07. The zero-order valence-corrected chi connectivity index (χ0v) is 10.9. The maximum atomic E-state index is 13.0. The number of hydrogen-bond donors (Lipinski definition) is 0. The first-order valence-corrected chi connectivity index (χ1v) is 6.67. The molecule has 0 bridgehead atoms. The Labute approximate surface area is 112 Å². The van der Waals surface area contributed by atoms with Crippen LogP contribution >= 0.6 is 0 Å². The van der Waals surface area contributed by atoms with Crippen LogP contribution in [-0.4, -0.2) is 0 Å². The van der Waals surface area contributed by atoms with Crippen molar-refractivity contribution in [2.75, 3.05) is 0 Å². The molecular weight excluding hydrogens is 242 g/mol. The highest BCUT2D eigenvalue weighted by Gasteiger charge is 2.54. The highest BCUT2D eigenvalue weighted by Crippen LogP contribution is 2.62. The summed E-state index contributed by atoms with van der Waals surface area (Å²) in [7, 11) is 0. The van der Waals surface area contributed by atoms with E-state index in [1.165, 1.54) is 35.4 Å². The molecule has 0 amide bonds. The van der Waals surface area contributed by atoms with Gasteiger partial charge in [0.05, 0.1) is 0 Å². The van der Waals surface area contributed by atoms with Gasteiger partial charge in [0.1, 0.15) is 11.6 Å². The Morgan fingerprint density at radius 2 is 1.47 bits per heavy atom. The second kappa shape index (κ2) is 4.44. The maximum Gasteiger partial charge on any atom is 0.123 e. The predicted octanol–water partition coefficient (Wildman–Crippen LogP) is 4.80. The van der Waals surface area contributed by atoms with Crippen LogP contribution in [-0.2, 0) is 5.41 Å². The number of rotatable bonds is 3. The third-order valence-corrected chi connectivity index (χ3v) is 4.40.